The zero-order valence-electron chi connectivity index (χ0n) is 10.5. The van der Waals surface area contributed by atoms with Crippen molar-refractivity contribution in [2.45, 2.75) is 13.0 Å². The van der Waals surface area contributed by atoms with Crippen LogP contribution in [0.3, 0.4) is 0 Å². The topological polar surface area (TPSA) is 12.0 Å². The Balaban J connectivity index is 2.41. The summed E-state index contributed by atoms with van der Waals surface area (Å²) in [5, 5.41) is 3.53. The van der Waals surface area contributed by atoms with Crippen LogP contribution < -0.4 is 5.32 Å². The van der Waals surface area contributed by atoms with Gasteiger partial charge in [0.25, 0.3) is 0 Å². The predicted octanol–water partition coefficient (Wildman–Crippen LogP) is 5.67. The highest BCUT2D eigenvalue weighted by atomic mass is 79.9. The second-order valence-corrected chi connectivity index (χ2v) is 6.89. The van der Waals surface area contributed by atoms with E-state index in [-0.39, 0.29) is 6.04 Å². The van der Waals surface area contributed by atoms with Gasteiger partial charge >= 0.3 is 0 Å². The number of nitrogens with one attached hydrogen (secondary N) is 1. The number of rotatable bonds is 4. The highest BCUT2D eigenvalue weighted by Gasteiger charge is 2.15. The van der Waals surface area contributed by atoms with E-state index < -0.39 is 0 Å². The van der Waals surface area contributed by atoms with E-state index in [1.54, 1.807) is 0 Å². The Morgan fingerprint density at radius 2 is 1.58 bits per heavy atom. The Morgan fingerprint density at radius 3 is 2.16 bits per heavy atom. The second-order valence-electron chi connectivity index (χ2n) is 4.21. The molecule has 0 saturated carbocycles. The van der Waals surface area contributed by atoms with Crippen molar-refractivity contribution in [2.24, 2.45) is 0 Å². The first-order chi connectivity index (χ1) is 9.11. The minimum Gasteiger partial charge on any atom is -0.306 e. The summed E-state index contributed by atoms with van der Waals surface area (Å²) in [6.07, 6.45) is 0. The third-order valence-electron chi connectivity index (χ3n) is 2.89. The molecule has 0 heterocycles. The maximum Gasteiger partial charge on any atom is 0.0587 e. The summed E-state index contributed by atoms with van der Waals surface area (Å²) in [4.78, 5) is 0. The molecule has 100 valence electrons. The molecule has 0 aromatic heterocycles. The van der Waals surface area contributed by atoms with Crippen LogP contribution in [-0.2, 0) is 0 Å². The van der Waals surface area contributed by atoms with E-state index in [1.165, 1.54) is 11.1 Å². The second kappa shape index (κ2) is 7.02. The Bertz CT molecular complexity index is 552. The minimum absolute atomic E-state index is 0.195. The average Bonchev–Trinajstić information content (AvgIpc) is 2.38. The van der Waals surface area contributed by atoms with Gasteiger partial charge in [0.1, 0.15) is 0 Å². The van der Waals surface area contributed by atoms with Gasteiger partial charge in [-0.3, -0.25) is 0 Å². The molecule has 1 atom stereocenters. The molecular formula is C15H14Br3N. The Morgan fingerprint density at radius 1 is 0.947 bits per heavy atom. The van der Waals surface area contributed by atoms with Gasteiger partial charge in [0.15, 0.2) is 0 Å². The standard InChI is InChI=1S/C15H14Br3N/c1-2-19-15(10-3-5-11(16)6-4-10)13-8-7-12(17)9-14(13)18/h3-9,15,19H,2H2,1H3. The lowest BCUT2D eigenvalue weighted by Crippen LogP contribution is -2.22. The van der Waals surface area contributed by atoms with E-state index in [0.717, 1.165) is 20.0 Å². The molecule has 0 aliphatic carbocycles. The number of benzene rings is 2. The van der Waals surface area contributed by atoms with Gasteiger partial charge in [-0.05, 0) is 41.9 Å². The Hall–Kier alpha value is -0.160. The summed E-state index contributed by atoms with van der Waals surface area (Å²) in [5.74, 6) is 0. The van der Waals surface area contributed by atoms with E-state index in [0.29, 0.717) is 0 Å². The van der Waals surface area contributed by atoms with Crippen molar-refractivity contribution >= 4 is 47.8 Å². The molecule has 19 heavy (non-hydrogen) atoms. The van der Waals surface area contributed by atoms with E-state index in [2.05, 4.69) is 102 Å². The van der Waals surface area contributed by atoms with Gasteiger partial charge in [0.05, 0.1) is 6.04 Å². The molecule has 0 radical (unpaired) electrons. The fraction of sp³-hybridized carbons (Fsp3) is 0.200. The first kappa shape index (κ1) is 15.2. The lowest BCUT2D eigenvalue weighted by molar-refractivity contribution is 0.628. The molecule has 0 fully saturated rings. The molecule has 1 nitrogen and oxygen atoms in total. The van der Waals surface area contributed by atoms with Crippen LogP contribution in [0.1, 0.15) is 24.1 Å². The number of hydrogen-bond donors (Lipinski definition) is 1. The third-order valence-corrected chi connectivity index (χ3v) is 4.59. The van der Waals surface area contributed by atoms with Gasteiger partial charge in [-0.25, -0.2) is 0 Å². The molecule has 4 heteroatoms. The van der Waals surface area contributed by atoms with E-state index >= 15 is 0 Å². The van der Waals surface area contributed by atoms with E-state index in [4.69, 9.17) is 0 Å². The lowest BCUT2D eigenvalue weighted by Gasteiger charge is -2.20. The lowest BCUT2D eigenvalue weighted by atomic mass is 9.99. The SMILES string of the molecule is CCNC(c1ccc(Br)cc1)c1ccc(Br)cc1Br. The molecule has 1 unspecified atom stereocenters. The quantitative estimate of drug-likeness (QED) is 0.636. The van der Waals surface area contributed by atoms with Crippen molar-refractivity contribution in [3.05, 3.63) is 67.0 Å². The number of hydrogen-bond acceptors (Lipinski definition) is 1. The fourth-order valence-electron chi connectivity index (χ4n) is 2.00. The highest BCUT2D eigenvalue weighted by Crippen LogP contribution is 2.31. The summed E-state index contributed by atoms with van der Waals surface area (Å²) in [6.45, 7) is 3.04. The molecule has 2 rings (SSSR count). The van der Waals surface area contributed by atoms with Gasteiger partial charge in [-0.15, -0.1) is 0 Å². The minimum atomic E-state index is 0.195. The summed E-state index contributed by atoms with van der Waals surface area (Å²) in [6, 6.07) is 14.9. The van der Waals surface area contributed by atoms with E-state index in [1.807, 2.05) is 0 Å². The zero-order valence-corrected chi connectivity index (χ0v) is 15.2. The first-order valence-electron chi connectivity index (χ1n) is 6.05. The predicted molar refractivity (Wildman–Crippen MR) is 91.5 cm³/mol. The van der Waals surface area contributed by atoms with Crippen molar-refractivity contribution in [3.8, 4) is 0 Å². The summed E-state index contributed by atoms with van der Waals surface area (Å²) in [7, 11) is 0. The van der Waals surface area contributed by atoms with Crippen molar-refractivity contribution in [2.75, 3.05) is 6.54 Å². The summed E-state index contributed by atoms with van der Waals surface area (Å²) < 4.78 is 3.28. The first-order valence-corrected chi connectivity index (χ1v) is 8.43. The fourth-order valence-corrected chi connectivity index (χ4v) is 3.54. The Labute approximate surface area is 139 Å². The van der Waals surface area contributed by atoms with Gasteiger partial charge in [0.2, 0.25) is 0 Å². The molecule has 1 N–H and O–H groups in total. The molecule has 0 amide bonds. The van der Waals surface area contributed by atoms with Crippen LogP contribution in [0.5, 0.6) is 0 Å². The third kappa shape index (κ3) is 3.91. The maximum absolute atomic E-state index is 3.65. The molecule has 2 aromatic carbocycles. The Kier molecular flexibility index (Phi) is 5.63. The van der Waals surface area contributed by atoms with Gasteiger partial charge in [-0.1, -0.05) is 72.9 Å². The molecular weight excluding hydrogens is 434 g/mol. The smallest absolute Gasteiger partial charge is 0.0587 e. The average molecular weight is 448 g/mol. The molecule has 0 bridgehead atoms. The van der Waals surface area contributed by atoms with Crippen LogP contribution >= 0.6 is 47.8 Å². The van der Waals surface area contributed by atoms with E-state index in [9.17, 15) is 0 Å². The molecule has 0 aliphatic heterocycles. The van der Waals surface area contributed by atoms with Crippen molar-refractivity contribution in [1.82, 2.24) is 5.32 Å². The number of halogens is 3. The van der Waals surface area contributed by atoms with Crippen LogP contribution in [0.15, 0.2) is 55.9 Å². The van der Waals surface area contributed by atoms with Crippen LogP contribution in [-0.4, -0.2) is 6.54 Å². The van der Waals surface area contributed by atoms with Crippen molar-refractivity contribution < 1.29 is 0 Å². The van der Waals surface area contributed by atoms with Gasteiger partial charge < -0.3 is 5.32 Å². The monoisotopic (exact) mass is 445 g/mol. The van der Waals surface area contributed by atoms with Crippen LogP contribution in [0.4, 0.5) is 0 Å². The largest absolute Gasteiger partial charge is 0.306 e. The summed E-state index contributed by atoms with van der Waals surface area (Å²) >= 11 is 10.6. The molecule has 0 aliphatic rings. The molecule has 0 saturated heterocycles. The normalized spacial score (nSPS) is 12.4. The highest BCUT2D eigenvalue weighted by molar-refractivity contribution is 9.11. The molecule has 0 spiro atoms. The van der Waals surface area contributed by atoms with Crippen LogP contribution in [0, 0.1) is 0 Å². The van der Waals surface area contributed by atoms with Crippen LogP contribution in [0.2, 0.25) is 0 Å². The molecule has 2 aromatic rings. The van der Waals surface area contributed by atoms with Gasteiger partial charge in [0, 0.05) is 13.4 Å². The van der Waals surface area contributed by atoms with Crippen molar-refractivity contribution in [3.63, 3.8) is 0 Å². The summed E-state index contributed by atoms with van der Waals surface area (Å²) in [5.41, 5.74) is 2.50. The van der Waals surface area contributed by atoms with Gasteiger partial charge in [-0.2, -0.15) is 0 Å². The zero-order chi connectivity index (χ0) is 13.8. The van der Waals surface area contributed by atoms with Crippen LogP contribution in [0.25, 0.3) is 0 Å². The maximum atomic E-state index is 3.65. The van der Waals surface area contributed by atoms with Crippen molar-refractivity contribution in [1.29, 1.82) is 0 Å².